The molecular weight excluding hydrogens is 369 g/mol. The van der Waals surface area contributed by atoms with Gasteiger partial charge in [-0.25, -0.2) is 17.1 Å². The molecule has 0 aliphatic rings. The van der Waals surface area contributed by atoms with Gasteiger partial charge in [0.25, 0.3) is 5.91 Å². The minimum atomic E-state index is -3.52. The Bertz CT molecular complexity index is 1070. The van der Waals surface area contributed by atoms with Crippen molar-refractivity contribution in [1.29, 1.82) is 0 Å². The maximum absolute atomic E-state index is 13.4. The zero-order chi connectivity index (χ0) is 19.6. The standard InChI is InChI=1S/C19H20FN3O3S/c1-23(2)27(25,26)16-6-3-13(4-7-16)19(24)21-10-9-14-12-22-18-8-5-15(20)11-17(14)18/h3-8,11-12,22H,9-10H2,1-2H3,(H,21,24). The van der Waals surface area contributed by atoms with Crippen molar-refractivity contribution in [1.82, 2.24) is 14.6 Å². The van der Waals surface area contributed by atoms with Crippen molar-refractivity contribution in [3.63, 3.8) is 0 Å². The summed E-state index contributed by atoms with van der Waals surface area (Å²) >= 11 is 0. The van der Waals surface area contributed by atoms with Crippen LogP contribution < -0.4 is 5.32 Å². The molecule has 0 atom stereocenters. The van der Waals surface area contributed by atoms with Crippen LogP contribution in [0, 0.1) is 5.82 Å². The van der Waals surface area contributed by atoms with Crippen molar-refractivity contribution < 1.29 is 17.6 Å². The van der Waals surface area contributed by atoms with Gasteiger partial charge < -0.3 is 10.3 Å². The summed E-state index contributed by atoms with van der Waals surface area (Å²) in [5.74, 6) is -0.602. The molecule has 3 rings (SSSR count). The van der Waals surface area contributed by atoms with E-state index in [4.69, 9.17) is 0 Å². The van der Waals surface area contributed by atoms with Gasteiger partial charge >= 0.3 is 0 Å². The highest BCUT2D eigenvalue weighted by molar-refractivity contribution is 7.89. The lowest BCUT2D eigenvalue weighted by atomic mass is 10.1. The average Bonchev–Trinajstić information content (AvgIpc) is 3.03. The van der Waals surface area contributed by atoms with Gasteiger partial charge in [0.1, 0.15) is 5.82 Å². The number of aromatic amines is 1. The molecule has 1 amide bonds. The molecule has 6 nitrogen and oxygen atoms in total. The van der Waals surface area contributed by atoms with E-state index in [2.05, 4.69) is 10.3 Å². The van der Waals surface area contributed by atoms with E-state index in [1.165, 1.54) is 50.5 Å². The number of sulfonamides is 1. The number of nitrogens with zero attached hydrogens (tertiary/aromatic N) is 1. The molecule has 2 N–H and O–H groups in total. The van der Waals surface area contributed by atoms with Crippen molar-refractivity contribution in [3.05, 3.63) is 65.6 Å². The first-order valence-electron chi connectivity index (χ1n) is 8.35. The molecule has 0 saturated carbocycles. The predicted octanol–water partition coefficient (Wildman–Crippen LogP) is 2.53. The van der Waals surface area contributed by atoms with Crippen molar-refractivity contribution >= 4 is 26.8 Å². The molecule has 0 saturated heterocycles. The van der Waals surface area contributed by atoms with E-state index in [9.17, 15) is 17.6 Å². The van der Waals surface area contributed by atoms with Gasteiger partial charge in [-0.2, -0.15) is 0 Å². The summed E-state index contributed by atoms with van der Waals surface area (Å²) in [6.45, 7) is 0.375. The van der Waals surface area contributed by atoms with Crippen LogP contribution >= 0.6 is 0 Å². The number of rotatable bonds is 6. The molecule has 0 fully saturated rings. The number of hydrogen-bond acceptors (Lipinski definition) is 3. The Balaban J connectivity index is 1.63. The Morgan fingerprint density at radius 1 is 1.15 bits per heavy atom. The van der Waals surface area contributed by atoms with Crippen LogP contribution in [0.1, 0.15) is 15.9 Å². The third kappa shape index (κ3) is 4.01. The van der Waals surface area contributed by atoms with Crippen LogP contribution in [0.3, 0.4) is 0 Å². The SMILES string of the molecule is CN(C)S(=O)(=O)c1ccc(C(=O)NCCc2c[nH]c3ccc(F)cc23)cc1. The van der Waals surface area contributed by atoms with E-state index in [-0.39, 0.29) is 16.6 Å². The van der Waals surface area contributed by atoms with Gasteiger partial charge in [0, 0.05) is 43.3 Å². The molecule has 0 unspecified atom stereocenters. The smallest absolute Gasteiger partial charge is 0.251 e. The molecule has 0 bridgehead atoms. The fourth-order valence-electron chi connectivity index (χ4n) is 2.76. The lowest BCUT2D eigenvalue weighted by Crippen LogP contribution is -2.26. The zero-order valence-electron chi connectivity index (χ0n) is 15.0. The molecule has 2 aromatic carbocycles. The van der Waals surface area contributed by atoms with Gasteiger partial charge in [-0.05, 0) is 54.4 Å². The largest absolute Gasteiger partial charge is 0.361 e. The van der Waals surface area contributed by atoms with E-state index >= 15 is 0 Å². The molecule has 0 aliphatic carbocycles. The maximum Gasteiger partial charge on any atom is 0.251 e. The quantitative estimate of drug-likeness (QED) is 0.680. The van der Waals surface area contributed by atoms with Gasteiger partial charge in [0.15, 0.2) is 0 Å². The van der Waals surface area contributed by atoms with E-state index in [1.807, 2.05) is 0 Å². The second-order valence-corrected chi connectivity index (χ2v) is 8.47. The van der Waals surface area contributed by atoms with Crippen LogP contribution in [0.15, 0.2) is 53.6 Å². The fourth-order valence-corrected chi connectivity index (χ4v) is 3.66. The van der Waals surface area contributed by atoms with Gasteiger partial charge in [0.05, 0.1) is 4.90 Å². The molecule has 0 aliphatic heterocycles. The Morgan fingerprint density at radius 3 is 2.52 bits per heavy atom. The minimum absolute atomic E-state index is 0.130. The first-order chi connectivity index (χ1) is 12.8. The molecule has 8 heteroatoms. The molecule has 3 aromatic rings. The van der Waals surface area contributed by atoms with Gasteiger partial charge in [-0.15, -0.1) is 0 Å². The number of carbonyl (C=O) groups is 1. The third-order valence-electron chi connectivity index (χ3n) is 4.30. The van der Waals surface area contributed by atoms with Crippen LogP contribution in [0.2, 0.25) is 0 Å². The maximum atomic E-state index is 13.4. The topological polar surface area (TPSA) is 82.3 Å². The Kier molecular flexibility index (Phi) is 5.29. The first kappa shape index (κ1) is 19.1. The van der Waals surface area contributed by atoms with E-state index in [0.717, 1.165) is 20.8 Å². The van der Waals surface area contributed by atoms with Gasteiger partial charge in [-0.3, -0.25) is 4.79 Å². The molecular formula is C19H20FN3O3S. The number of benzene rings is 2. The lowest BCUT2D eigenvalue weighted by Gasteiger charge is -2.11. The van der Waals surface area contributed by atoms with Crippen molar-refractivity contribution in [3.8, 4) is 0 Å². The molecule has 0 radical (unpaired) electrons. The highest BCUT2D eigenvalue weighted by atomic mass is 32.2. The van der Waals surface area contributed by atoms with E-state index in [1.54, 1.807) is 12.3 Å². The minimum Gasteiger partial charge on any atom is -0.361 e. The first-order valence-corrected chi connectivity index (χ1v) is 9.79. The molecule has 1 heterocycles. The van der Waals surface area contributed by atoms with Crippen LogP contribution in [0.4, 0.5) is 4.39 Å². The molecule has 27 heavy (non-hydrogen) atoms. The number of carbonyl (C=O) groups excluding carboxylic acids is 1. The van der Waals surface area contributed by atoms with E-state index in [0.29, 0.717) is 18.5 Å². The Hall–Kier alpha value is -2.71. The summed E-state index contributed by atoms with van der Waals surface area (Å²) in [6.07, 6.45) is 2.35. The average molecular weight is 389 g/mol. The second kappa shape index (κ2) is 7.50. The summed E-state index contributed by atoms with van der Waals surface area (Å²) in [6, 6.07) is 10.3. The monoisotopic (exact) mass is 389 g/mol. The lowest BCUT2D eigenvalue weighted by molar-refractivity contribution is 0.0954. The van der Waals surface area contributed by atoms with Crippen molar-refractivity contribution in [2.45, 2.75) is 11.3 Å². The highest BCUT2D eigenvalue weighted by Crippen LogP contribution is 2.19. The number of fused-ring (bicyclic) bond motifs is 1. The van der Waals surface area contributed by atoms with Crippen LogP contribution in [0.5, 0.6) is 0 Å². The summed E-state index contributed by atoms with van der Waals surface area (Å²) < 4.78 is 38.6. The zero-order valence-corrected chi connectivity index (χ0v) is 15.8. The third-order valence-corrected chi connectivity index (χ3v) is 6.13. The van der Waals surface area contributed by atoms with Gasteiger partial charge in [-0.1, -0.05) is 0 Å². The second-order valence-electron chi connectivity index (χ2n) is 6.32. The summed E-state index contributed by atoms with van der Waals surface area (Å²) in [5.41, 5.74) is 2.13. The van der Waals surface area contributed by atoms with Gasteiger partial charge in [0.2, 0.25) is 10.0 Å². The van der Waals surface area contributed by atoms with Crippen molar-refractivity contribution in [2.75, 3.05) is 20.6 Å². The predicted molar refractivity (Wildman–Crippen MR) is 102 cm³/mol. The number of hydrogen-bond donors (Lipinski definition) is 2. The molecule has 142 valence electrons. The number of H-pyrrole nitrogens is 1. The highest BCUT2D eigenvalue weighted by Gasteiger charge is 2.17. The van der Waals surface area contributed by atoms with Crippen LogP contribution in [-0.2, 0) is 16.4 Å². The number of halogens is 1. The normalized spacial score (nSPS) is 11.9. The molecule has 0 spiro atoms. The molecule has 1 aromatic heterocycles. The summed E-state index contributed by atoms with van der Waals surface area (Å²) in [4.78, 5) is 15.5. The fraction of sp³-hybridized carbons (Fsp3) is 0.211. The van der Waals surface area contributed by atoms with E-state index < -0.39 is 10.0 Å². The Labute approximate surface area is 157 Å². The summed E-state index contributed by atoms with van der Waals surface area (Å²) in [5, 5.41) is 3.59. The number of aromatic nitrogens is 1. The van der Waals surface area contributed by atoms with Crippen molar-refractivity contribution in [2.24, 2.45) is 0 Å². The van der Waals surface area contributed by atoms with Crippen LogP contribution in [0.25, 0.3) is 10.9 Å². The summed E-state index contributed by atoms with van der Waals surface area (Å²) in [7, 11) is -0.621. The Morgan fingerprint density at radius 2 is 1.85 bits per heavy atom. The number of nitrogens with one attached hydrogen (secondary N) is 2. The van der Waals surface area contributed by atoms with Crippen LogP contribution in [-0.4, -0.2) is 44.3 Å². The number of amides is 1.